The Bertz CT molecular complexity index is 1500. The molecule has 3 aromatic carbocycles. The van der Waals surface area contributed by atoms with Crippen molar-refractivity contribution in [3.8, 4) is 5.75 Å². The van der Waals surface area contributed by atoms with Crippen LogP contribution in [-0.2, 0) is 22.7 Å². The van der Waals surface area contributed by atoms with Gasteiger partial charge in [-0.2, -0.15) is 0 Å². The van der Waals surface area contributed by atoms with Gasteiger partial charge in [0.1, 0.15) is 18.1 Å². The van der Waals surface area contributed by atoms with Crippen LogP contribution in [0.1, 0.15) is 81.0 Å². The summed E-state index contributed by atoms with van der Waals surface area (Å²) in [5, 5.41) is 0. The zero-order valence-electron chi connectivity index (χ0n) is 23.3. The quantitative estimate of drug-likeness (QED) is 0.296. The van der Waals surface area contributed by atoms with Gasteiger partial charge in [0.25, 0.3) is 11.8 Å². The highest BCUT2D eigenvalue weighted by atomic mass is 16.5. The summed E-state index contributed by atoms with van der Waals surface area (Å²) >= 11 is 0. The molecule has 2 aliphatic heterocycles. The first-order valence-corrected chi connectivity index (χ1v) is 14.4. The maximum atomic E-state index is 13.3. The average Bonchev–Trinajstić information content (AvgIpc) is 3.23. The fourth-order valence-electron chi connectivity index (χ4n) is 6.32. The van der Waals surface area contributed by atoms with Crippen molar-refractivity contribution < 1.29 is 23.9 Å². The van der Waals surface area contributed by atoms with Crippen molar-refractivity contribution >= 4 is 23.4 Å². The Morgan fingerprint density at radius 1 is 0.829 bits per heavy atom. The molecular formula is C34H34N2O5. The first kappa shape index (κ1) is 27.1. The topological polar surface area (TPSA) is 84.0 Å². The Kier molecular flexibility index (Phi) is 7.54. The van der Waals surface area contributed by atoms with E-state index >= 15 is 0 Å². The molecule has 0 N–H and O–H groups in total. The molecule has 3 aromatic rings. The number of piperidine rings is 1. The number of hydrogen-bond acceptors (Lipinski definition) is 6. The summed E-state index contributed by atoms with van der Waals surface area (Å²) in [6.07, 6.45) is 2.47. The first-order valence-electron chi connectivity index (χ1n) is 14.4. The summed E-state index contributed by atoms with van der Waals surface area (Å²) in [7, 11) is 0. The molecule has 2 heterocycles. The van der Waals surface area contributed by atoms with E-state index in [4.69, 9.17) is 4.74 Å². The first-order chi connectivity index (χ1) is 19.9. The van der Waals surface area contributed by atoms with Gasteiger partial charge in [0.05, 0.1) is 23.6 Å². The van der Waals surface area contributed by atoms with E-state index in [1.54, 1.807) is 18.2 Å². The second-order valence-corrected chi connectivity index (χ2v) is 11.5. The fourth-order valence-corrected chi connectivity index (χ4v) is 6.32. The van der Waals surface area contributed by atoms with Crippen LogP contribution >= 0.6 is 0 Å². The summed E-state index contributed by atoms with van der Waals surface area (Å²) in [4.78, 5) is 54.0. The van der Waals surface area contributed by atoms with Crippen LogP contribution in [0.3, 0.4) is 0 Å². The van der Waals surface area contributed by atoms with Gasteiger partial charge in [-0.15, -0.1) is 0 Å². The van der Waals surface area contributed by atoms with E-state index in [0.29, 0.717) is 11.7 Å². The van der Waals surface area contributed by atoms with Gasteiger partial charge in [-0.25, -0.2) is 0 Å². The normalized spacial score (nSPS) is 20.0. The molecule has 0 bridgehead atoms. The summed E-state index contributed by atoms with van der Waals surface area (Å²) in [5.74, 6) is -0.616. The smallest absolute Gasteiger partial charge is 0.266 e. The van der Waals surface area contributed by atoms with E-state index in [2.05, 4.69) is 48.2 Å². The number of hydrogen-bond donors (Lipinski definition) is 0. The molecule has 0 radical (unpaired) electrons. The lowest BCUT2D eigenvalue weighted by molar-refractivity contribution is -0.132. The number of Topliss-reactive ketones (excluding diaryl/α,β-unsaturated/α-hetero) is 2. The number of aryl methyl sites for hydroxylation is 1. The molecule has 6 rings (SSSR count). The van der Waals surface area contributed by atoms with Crippen LogP contribution in [0, 0.1) is 6.92 Å². The van der Waals surface area contributed by atoms with Crippen LogP contribution in [-0.4, -0.2) is 52.3 Å². The van der Waals surface area contributed by atoms with Crippen molar-refractivity contribution in [2.75, 3.05) is 13.1 Å². The SMILES string of the molecule is Cc1cccc(C2CCN(Cc3ccc(COc4cccc5c4C(=O)N(C4CCC(=O)CC4=O)C5=O)cc3)CC2)c1. The van der Waals surface area contributed by atoms with Crippen LogP contribution in [0.15, 0.2) is 66.7 Å². The van der Waals surface area contributed by atoms with Crippen molar-refractivity contribution in [1.82, 2.24) is 9.80 Å². The van der Waals surface area contributed by atoms with E-state index in [-0.39, 0.29) is 48.6 Å². The lowest BCUT2D eigenvalue weighted by Crippen LogP contribution is -2.47. The van der Waals surface area contributed by atoms with Crippen molar-refractivity contribution in [2.24, 2.45) is 0 Å². The molecule has 210 valence electrons. The number of carbonyl (C=O) groups excluding carboxylic acids is 4. The van der Waals surface area contributed by atoms with Gasteiger partial charge >= 0.3 is 0 Å². The number of likely N-dealkylation sites (tertiary alicyclic amines) is 1. The van der Waals surface area contributed by atoms with Crippen molar-refractivity contribution in [3.63, 3.8) is 0 Å². The Labute approximate surface area is 240 Å². The molecule has 1 saturated carbocycles. The molecule has 2 fully saturated rings. The second-order valence-electron chi connectivity index (χ2n) is 11.5. The highest BCUT2D eigenvalue weighted by Gasteiger charge is 2.45. The molecule has 2 amide bonds. The van der Waals surface area contributed by atoms with E-state index in [1.807, 2.05) is 12.1 Å². The van der Waals surface area contributed by atoms with Gasteiger partial charge in [0.2, 0.25) is 0 Å². The molecule has 0 aromatic heterocycles. The predicted octanol–water partition coefficient (Wildman–Crippen LogP) is 5.24. The van der Waals surface area contributed by atoms with Crippen LogP contribution < -0.4 is 4.74 Å². The number of nitrogens with zero attached hydrogens (tertiary/aromatic N) is 2. The standard InChI is InChI=1S/C34H34N2O5/c1-22-4-2-5-26(18-22)25-14-16-35(17-15-25)20-23-8-10-24(11-9-23)21-41-31-7-3-6-28-32(31)34(40)36(33(28)39)29-13-12-27(37)19-30(29)38/h2-11,18,25,29H,12-17,19-21H2,1H3. The summed E-state index contributed by atoms with van der Waals surface area (Å²) in [5.41, 5.74) is 5.40. The molecule has 7 heteroatoms. The highest BCUT2D eigenvalue weighted by Crippen LogP contribution is 2.35. The molecule has 1 unspecified atom stereocenters. The van der Waals surface area contributed by atoms with E-state index in [9.17, 15) is 19.2 Å². The number of carbonyl (C=O) groups is 4. The fraction of sp³-hybridized carbons (Fsp3) is 0.353. The minimum atomic E-state index is -0.895. The molecule has 1 atom stereocenters. The molecule has 1 saturated heterocycles. The zero-order valence-corrected chi connectivity index (χ0v) is 23.3. The summed E-state index contributed by atoms with van der Waals surface area (Å²) in [6, 6.07) is 21.2. The van der Waals surface area contributed by atoms with Crippen molar-refractivity contribution in [3.05, 3.63) is 100 Å². The zero-order chi connectivity index (χ0) is 28.5. The Hall–Kier alpha value is -4.10. The maximum absolute atomic E-state index is 13.3. The van der Waals surface area contributed by atoms with Gasteiger partial charge in [0, 0.05) is 13.0 Å². The van der Waals surface area contributed by atoms with E-state index < -0.39 is 17.9 Å². The molecule has 1 aliphatic carbocycles. The Morgan fingerprint density at radius 3 is 2.29 bits per heavy atom. The summed E-state index contributed by atoms with van der Waals surface area (Å²) in [6.45, 7) is 5.47. The minimum absolute atomic E-state index is 0.152. The third kappa shape index (κ3) is 5.59. The molecule has 3 aliphatic rings. The van der Waals surface area contributed by atoms with Gasteiger partial charge in [0.15, 0.2) is 5.78 Å². The van der Waals surface area contributed by atoms with Gasteiger partial charge in [-0.3, -0.25) is 29.0 Å². The van der Waals surface area contributed by atoms with Crippen LogP contribution in [0.5, 0.6) is 5.75 Å². The second kappa shape index (κ2) is 11.4. The number of imide groups is 1. The van der Waals surface area contributed by atoms with Gasteiger partial charge in [-0.1, -0.05) is 60.2 Å². The number of amides is 2. The van der Waals surface area contributed by atoms with Crippen LogP contribution in [0.4, 0.5) is 0 Å². The largest absolute Gasteiger partial charge is 0.488 e. The van der Waals surface area contributed by atoms with Crippen LogP contribution in [0.25, 0.3) is 0 Å². The van der Waals surface area contributed by atoms with E-state index in [0.717, 1.165) is 30.1 Å². The molecular weight excluding hydrogens is 516 g/mol. The number of ketones is 2. The number of ether oxygens (including phenoxy) is 1. The number of benzene rings is 3. The summed E-state index contributed by atoms with van der Waals surface area (Å²) < 4.78 is 6.04. The van der Waals surface area contributed by atoms with Crippen LogP contribution in [0.2, 0.25) is 0 Å². The average molecular weight is 551 g/mol. The Balaban J connectivity index is 1.05. The third-order valence-corrected chi connectivity index (χ3v) is 8.58. The predicted molar refractivity (Wildman–Crippen MR) is 154 cm³/mol. The number of fused-ring (bicyclic) bond motifs is 1. The monoisotopic (exact) mass is 550 g/mol. The lowest BCUT2D eigenvalue weighted by Gasteiger charge is -2.32. The molecule has 7 nitrogen and oxygen atoms in total. The lowest BCUT2D eigenvalue weighted by atomic mass is 9.88. The van der Waals surface area contributed by atoms with Gasteiger partial charge < -0.3 is 4.74 Å². The third-order valence-electron chi connectivity index (χ3n) is 8.58. The van der Waals surface area contributed by atoms with E-state index in [1.165, 1.54) is 29.5 Å². The maximum Gasteiger partial charge on any atom is 0.266 e. The Morgan fingerprint density at radius 2 is 1.56 bits per heavy atom. The van der Waals surface area contributed by atoms with Crippen molar-refractivity contribution in [1.29, 1.82) is 0 Å². The molecule has 0 spiro atoms. The molecule has 41 heavy (non-hydrogen) atoms. The van der Waals surface area contributed by atoms with Crippen molar-refractivity contribution in [2.45, 2.75) is 64.1 Å². The van der Waals surface area contributed by atoms with Gasteiger partial charge in [-0.05, 0) is 74.0 Å². The highest BCUT2D eigenvalue weighted by molar-refractivity contribution is 6.24. The minimum Gasteiger partial charge on any atom is -0.488 e. The number of rotatable bonds is 7.